The normalized spacial score (nSPS) is 9.93. The van der Waals surface area contributed by atoms with Gasteiger partial charge in [-0.2, -0.15) is 0 Å². The molecule has 0 radical (unpaired) electrons. The molecule has 1 rings (SSSR count). The highest BCUT2D eigenvalue weighted by Crippen LogP contribution is 2.15. The van der Waals surface area contributed by atoms with Crippen molar-refractivity contribution < 1.29 is 4.74 Å². The van der Waals surface area contributed by atoms with E-state index in [4.69, 9.17) is 10.5 Å². The Morgan fingerprint density at radius 2 is 2.47 bits per heavy atom. The number of anilines is 2. The molecular formula is C11H17N3O. The minimum absolute atomic E-state index is 0.527. The zero-order chi connectivity index (χ0) is 11.1. The van der Waals surface area contributed by atoms with Gasteiger partial charge in [0.15, 0.2) is 0 Å². The van der Waals surface area contributed by atoms with Crippen molar-refractivity contribution in [1.29, 1.82) is 0 Å². The summed E-state index contributed by atoms with van der Waals surface area (Å²) >= 11 is 0. The Bertz CT molecular complexity index is 314. The smallest absolute Gasteiger partial charge is 0.125 e. The minimum Gasteiger partial charge on any atom is -0.384 e. The van der Waals surface area contributed by atoms with E-state index in [0.29, 0.717) is 12.4 Å². The predicted octanol–water partition coefficient (Wildman–Crippen LogP) is 1.30. The summed E-state index contributed by atoms with van der Waals surface area (Å²) in [6, 6.07) is 3.77. The maximum Gasteiger partial charge on any atom is 0.125 e. The molecule has 0 saturated carbocycles. The van der Waals surface area contributed by atoms with Crippen LogP contribution < -0.4 is 10.6 Å². The summed E-state index contributed by atoms with van der Waals surface area (Å²) in [5, 5.41) is 0. The fourth-order valence-electron chi connectivity index (χ4n) is 1.32. The molecule has 0 fully saturated rings. The molecule has 1 aromatic heterocycles. The molecule has 82 valence electrons. The van der Waals surface area contributed by atoms with E-state index in [0.717, 1.165) is 18.8 Å². The van der Waals surface area contributed by atoms with Gasteiger partial charge < -0.3 is 15.4 Å². The van der Waals surface area contributed by atoms with Gasteiger partial charge in [0.1, 0.15) is 5.82 Å². The zero-order valence-corrected chi connectivity index (χ0v) is 9.02. The van der Waals surface area contributed by atoms with Crippen LogP contribution in [-0.2, 0) is 4.74 Å². The molecule has 0 spiro atoms. The van der Waals surface area contributed by atoms with Crippen molar-refractivity contribution >= 4 is 11.5 Å². The number of hydrogen-bond acceptors (Lipinski definition) is 4. The lowest BCUT2D eigenvalue weighted by Crippen LogP contribution is -2.27. The van der Waals surface area contributed by atoms with Gasteiger partial charge >= 0.3 is 0 Å². The number of rotatable bonds is 6. The van der Waals surface area contributed by atoms with Crippen molar-refractivity contribution in [1.82, 2.24) is 4.98 Å². The second-order valence-corrected chi connectivity index (χ2v) is 3.17. The molecule has 0 atom stereocenters. The average Bonchev–Trinajstić information content (AvgIpc) is 2.24. The van der Waals surface area contributed by atoms with Crippen LogP contribution >= 0.6 is 0 Å². The quantitative estimate of drug-likeness (QED) is 0.714. The van der Waals surface area contributed by atoms with E-state index in [1.165, 1.54) is 0 Å². The number of ether oxygens (including phenoxy) is 1. The van der Waals surface area contributed by atoms with Gasteiger partial charge in [-0.25, -0.2) is 4.98 Å². The third-order valence-electron chi connectivity index (χ3n) is 2.04. The Morgan fingerprint density at radius 3 is 3.07 bits per heavy atom. The monoisotopic (exact) mass is 207 g/mol. The lowest BCUT2D eigenvalue weighted by atomic mass is 10.3. The molecule has 2 N–H and O–H groups in total. The predicted molar refractivity (Wildman–Crippen MR) is 62.9 cm³/mol. The Morgan fingerprint density at radius 1 is 1.67 bits per heavy atom. The van der Waals surface area contributed by atoms with Crippen LogP contribution in [0.3, 0.4) is 0 Å². The van der Waals surface area contributed by atoms with Crippen molar-refractivity contribution in [2.24, 2.45) is 0 Å². The number of aromatic nitrogens is 1. The van der Waals surface area contributed by atoms with Crippen LogP contribution in [0.4, 0.5) is 11.5 Å². The van der Waals surface area contributed by atoms with Gasteiger partial charge in [0.05, 0.1) is 6.61 Å². The van der Waals surface area contributed by atoms with Gasteiger partial charge in [0.25, 0.3) is 0 Å². The molecule has 0 aliphatic rings. The lowest BCUT2D eigenvalue weighted by molar-refractivity contribution is 0.206. The summed E-state index contributed by atoms with van der Waals surface area (Å²) in [7, 11) is 1.69. The number of methoxy groups -OCH3 is 1. The number of pyridine rings is 1. The van der Waals surface area contributed by atoms with Crippen LogP contribution in [0.1, 0.15) is 0 Å². The third-order valence-corrected chi connectivity index (χ3v) is 2.04. The minimum atomic E-state index is 0.527. The first-order valence-electron chi connectivity index (χ1n) is 4.84. The average molecular weight is 207 g/mol. The third kappa shape index (κ3) is 3.59. The Kier molecular flexibility index (Phi) is 4.63. The molecule has 0 unspecified atom stereocenters. The first kappa shape index (κ1) is 11.5. The Hall–Kier alpha value is -1.55. The van der Waals surface area contributed by atoms with Crippen molar-refractivity contribution in [3.8, 4) is 0 Å². The van der Waals surface area contributed by atoms with Gasteiger partial charge in [0, 0.05) is 38.1 Å². The van der Waals surface area contributed by atoms with E-state index >= 15 is 0 Å². The molecule has 4 heteroatoms. The van der Waals surface area contributed by atoms with Crippen molar-refractivity contribution in [2.45, 2.75) is 0 Å². The molecule has 0 bridgehead atoms. The number of hydrogen-bond donors (Lipinski definition) is 1. The second kappa shape index (κ2) is 6.03. The van der Waals surface area contributed by atoms with E-state index in [-0.39, 0.29) is 0 Å². The molecule has 1 aromatic rings. The molecule has 4 nitrogen and oxygen atoms in total. The highest BCUT2D eigenvalue weighted by molar-refractivity contribution is 5.52. The molecular weight excluding hydrogens is 190 g/mol. The van der Waals surface area contributed by atoms with Crippen LogP contribution in [0.15, 0.2) is 31.0 Å². The molecule has 0 saturated heterocycles. The maximum atomic E-state index is 5.63. The van der Waals surface area contributed by atoms with Gasteiger partial charge in [0.2, 0.25) is 0 Å². The van der Waals surface area contributed by atoms with Crippen molar-refractivity contribution in [3.05, 3.63) is 31.0 Å². The molecule has 15 heavy (non-hydrogen) atoms. The first-order chi connectivity index (χ1) is 7.27. The summed E-state index contributed by atoms with van der Waals surface area (Å²) in [4.78, 5) is 6.09. The lowest BCUT2D eigenvalue weighted by Gasteiger charge is -2.22. The highest BCUT2D eigenvalue weighted by Gasteiger charge is 2.04. The summed E-state index contributed by atoms with van der Waals surface area (Å²) in [5.74, 6) is 0.527. The standard InChI is InChI=1S/C11H17N3O/c1-3-6-14(7-8-15-2)10-4-5-13-11(12)9-10/h3-5,9H,1,6-8H2,2H3,(H2,12,13). The van der Waals surface area contributed by atoms with Gasteiger partial charge in [-0.05, 0) is 6.07 Å². The van der Waals surface area contributed by atoms with Gasteiger partial charge in [-0.3, -0.25) is 0 Å². The Balaban J connectivity index is 2.73. The van der Waals surface area contributed by atoms with Crippen LogP contribution in [-0.4, -0.2) is 31.8 Å². The summed E-state index contributed by atoms with van der Waals surface area (Å²) < 4.78 is 5.05. The SMILES string of the molecule is C=CCN(CCOC)c1ccnc(N)c1. The largest absolute Gasteiger partial charge is 0.384 e. The highest BCUT2D eigenvalue weighted by atomic mass is 16.5. The van der Waals surface area contributed by atoms with Crippen LogP contribution in [0.25, 0.3) is 0 Å². The maximum absolute atomic E-state index is 5.63. The van der Waals surface area contributed by atoms with Crippen LogP contribution in [0.2, 0.25) is 0 Å². The zero-order valence-electron chi connectivity index (χ0n) is 9.02. The first-order valence-corrected chi connectivity index (χ1v) is 4.84. The van der Waals surface area contributed by atoms with E-state index in [1.807, 2.05) is 18.2 Å². The fourth-order valence-corrected chi connectivity index (χ4v) is 1.32. The van der Waals surface area contributed by atoms with E-state index in [1.54, 1.807) is 13.3 Å². The summed E-state index contributed by atoms with van der Waals surface area (Å²) in [5.41, 5.74) is 6.67. The topological polar surface area (TPSA) is 51.4 Å². The van der Waals surface area contributed by atoms with Crippen molar-refractivity contribution in [3.63, 3.8) is 0 Å². The molecule has 0 aliphatic carbocycles. The van der Waals surface area contributed by atoms with E-state index < -0.39 is 0 Å². The van der Waals surface area contributed by atoms with Crippen LogP contribution in [0.5, 0.6) is 0 Å². The molecule has 1 heterocycles. The molecule has 0 aromatic carbocycles. The number of nitrogens with zero attached hydrogens (tertiary/aromatic N) is 2. The summed E-state index contributed by atoms with van der Waals surface area (Å²) in [6.07, 6.45) is 3.56. The van der Waals surface area contributed by atoms with Gasteiger partial charge in [-0.1, -0.05) is 6.08 Å². The van der Waals surface area contributed by atoms with E-state index in [9.17, 15) is 0 Å². The molecule has 0 amide bonds. The van der Waals surface area contributed by atoms with E-state index in [2.05, 4.69) is 16.5 Å². The van der Waals surface area contributed by atoms with Gasteiger partial charge in [-0.15, -0.1) is 6.58 Å². The van der Waals surface area contributed by atoms with Crippen LogP contribution in [0, 0.1) is 0 Å². The number of nitrogen functional groups attached to an aromatic ring is 1. The second-order valence-electron chi connectivity index (χ2n) is 3.17. The fraction of sp³-hybridized carbons (Fsp3) is 0.364. The van der Waals surface area contributed by atoms with Crippen molar-refractivity contribution in [2.75, 3.05) is 37.4 Å². The summed E-state index contributed by atoms with van der Waals surface area (Å²) in [6.45, 7) is 5.99. The Labute approximate surface area is 90.4 Å². The number of nitrogens with two attached hydrogens (primary N) is 1. The molecule has 0 aliphatic heterocycles.